The molecule has 0 aromatic heterocycles. The molecule has 2 aromatic carbocycles. The molecule has 0 aliphatic rings. The average Bonchev–Trinajstić information content (AvgIpc) is 2.58. The molecule has 4 N–H and O–H groups in total. The molecule has 0 radical (unpaired) electrons. The number of ether oxygens (including phenoxy) is 1. The van der Waals surface area contributed by atoms with Crippen LogP contribution in [0.15, 0.2) is 42.5 Å². The van der Waals surface area contributed by atoms with Gasteiger partial charge in [0.15, 0.2) is 0 Å². The fourth-order valence-electron chi connectivity index (χ4n) is 2.85. The van der Waals surface area contributed by atoms with Gasteiger partial charge in [0.05, 0.1) is 31.3 Å². The first-order chi connectivity index (χ1) is 11.9. The predicted octanol–water partition coefficient (Wildman–Crippen LogP) is 2.79. The number of aliphatic hydroxyl groups excluding tert-OH is 1. The van der Waals surface area contributed by atoms with E-state index in [0.29, 0.717) is 6.61 Å². The van der Waals surface area contributed by atoms with Gasteiger partial charge in [-0.2, -0.15) is 0 Å². The number of benzene rings is 2. The van der Waals surface area contributed by atoms with E-state index in [0.717, 1.165) is 10.9 Å². The minimum absolute atomic E-state index is 0.0575. The average molecular weight is 345 g/mol. The van der Waals surface area contributed by atoms with Crippen molar-refractivity contribution in [1.82, 2.24) is 0 Å². The second kappa shape index (κ2) is 8.94. The maximum absolute atomic E-state index is 11.2. The molecule has 5 heteroatoms. The van der Waals surface area contributed by atoms with Gasteiger partial charge in [-0.1, -0.05) is 50.2 Å². The Kier molecular flexibility index (Phi) is 6.93. The van der Waals surface area contributed by atoms with Gasteiger partial charge in [-0.25, -0.2) is 0 Å². The fourth-order valence-corrected chi connectivity index (χ4v) is 2.85. The van der Waals surface area contributed by atoms with Crippen molar-refractivity contribution in [2.75, 3.05) is 6.61 Å². The second-order valence-electron chi connectivity index (χ2n) is 6.85. The van der Waals surface area contributed by atoms with Crippen LogP contribution in [0.2, 0.25) is 0 Å². The van der Waals surface area contributed by atoms with E-state index < -0.39 is 24.0 Å². The van der Waals surface area contributed by atoms with Gasteiger partial charge >= 0.3 is 5.97 Å². The van der Waals surface area contributed by atoms with Crippen LogP contribution in [-0.2, 0) is 16.1 Å². The highest BCUT2D eigenvalue weighted by Gasteiger charge is 2.27. The number of hydrogen-bond donors (Lipinski definition) is 3. The van der Waals surface area contributed by atoms with Gasteiger partial charge in [0, 0.05) is 0 Å². The zero-order valence-corrected chi connectivity index (χ0v) is 14.8. The van der Waals surface area contributed by atoms with Crippen LogP contribution in [0, 0.1) is 11.8 Å². The Bertz CT molecular complexity index is 701. The van der Waals surface area contributed by atoms with Crippen LogP contribution >= 0.6 is 0 Å². The molecule has 3 unspecified atom stereocenters. The van der Waals surface area contributed by atoms with Gasteiger partial charge in [0.2, 0.25) is 0 Å². The zero-order chi connectivity index (χ0) is 18.4. The van der Waals surface area contributed by atoms with Crippen LogP contribution in [0.3, 0.4) is 0 Å². The van der Waals surface area contributed by atoms with Crippen molar-refractivity contribution in [3.8, 4) is 0 Å². The largest absolute Gasteiger partial charge is 0.481 e. The summed E-state index contributed by atoms with van der Waals surface area (Å²) in [6.45, 7) is 4.23. The predicted molar refractivity (Wildman–Crippen MR) is 98.2 cm³/mol. The van der Waals surface area contributed by atoms with Crippen LogP contribution in [0.4, 0.5) is 0 Å². The third kappa shape index (κ3) is 5.53. The van der Waals surface area contributed by atoms with Crippen molar-refractivity contribution in [3.05, 3.63) is 48.0 Å². The van der Waals surface area contributed by atoms with E-state index in [4.69, 9.17) is 10.5 Å². The second-order valence-corrected chi connectivity index (χ2v) is 6.85. The van der Waals surface area contributed by atoms with Gasteiger partial charge in [0.25, 0.3) is 0 Å². The molecule has 0 aliphatic carbocycles. The quantitative estimate of drug-likeness (QED) is 0.650. The van der Waals surface area contributed by atoms with E-state index in [-0.39, 0.29) is 18.9 Å². The lowest BCUT2D eigenvalue weighted by molar-refractivity contribution is -0.144. The lowest BCUT2D eigenvalue weighted by Crippen LogP contribution is -2.41. The highest BCUT2D eigenvalue weighted by Crippen LogP contribution is 2.19. The molecular formula is C20H27NO4. The fraction of sp³-hybridized carbons (Fsp3) is 0.450. The Morgan fingerprint density at radius 1 is 1.16 bits per heavy atom. The monoisotopic (exact) mass is 345 g/mol. The summed E-state index contributed by atoms with van der Waals surface area (Å²) in [4.78, 5) is 11.2. The lowest BCUT2D eigenvalue weighted by atomic mass is 9.88. The van der Waals surface area contributed by atoms with Crippen LogP contribution in [0.5, 0.6) is 0 Å². The molecule has 136 valence electrons. The molecule has 0 bridgehead atoms. The van der Waals surface area contributed by atoms with E-state index in [1.165, 1.54) is 5.39 Å². The van der Waals surface area contributed by atoms with Crippen molar-refractivity contribution in [1.29, 1.82) is 0 Å². The first-order valence-electron chi connectivity index (χ1n) is 8.60. The molecule has 25 heavy (non-hydrogen) atoms. The lowest BCUT2D eigenvalue weighted by Gasteiger charge is -2.24. The van der Waals surface area contributed by atoms with Crippen molar-refractivity contribution >= 4 is 16.7 Å². The molecule has 0 amide bonds. The van der Waals surface area contributed by atoms with E-state index in [1.54, 1.807) is 0 Å². The third-order valence-corrected chi connectivity index (χ3v) is 4.50. The Morgan fingerprint density at radius 2 is 1.84 bits per heavy atom. The van der Waals surface area contributed by atoms with Crippen LogP contribution in [-0.4, -0.2) is 34.9 Å². The van der Waals surface area contributed by atoms with Crippen molar-refractivity contribution in [2.45, 2.75) is 39.0 Å². The number of carboxylic acids is 1. The SMILES string of the molecule is CC(C)C(CC(O)C(N)COCc1ccc2ccccc2c1)C(=O)O. The van der Waals surface area contributed by atoms with Crippen molar-refractivity contribution in [3.63, 3.8) is 0 Å². The number of rotatable bonds is 9. The molecule has 0 saturated carbocycles. The molecule has 3 atom stereocenters. The minimum atomic E-state index is -0.904. The number of hydrogen-bond acceptors (Lipinski definition) is 4. The molecule has 0 fully saturated rings. The number of nitrogens with two attached hydrogens (primary N) is 1. The maximum atomic E-state index is 11.2. The van der Waals surface area contributed by atoms with Gasteiger partial charge in [0.1, 0.15) is 0 Å². The highest BCUT2D eigenvalue weighted by molar-refractivity contribution is 5.82. The molecular weight excluding hydrogens is 318 g/mol. The maximum Gasteiger partial charge on any atom is 0.306 e. The molecule has 0 spiro atoms. The Balaban J connectivity index is 1.84. The molecule has 0 saturated heterocycles. The summed E-state index contributed by atoms with van der Waals surface area (Å²) in [6, 6.07) is 13.6. The molecule has 2 rings (SSSR count). The smallest absolute Gasteiger partial charge is 0.306 e. The summed E-state index contributed by atoms with van der Waals surface area (Å²) < 4.78 is 5.62. The summed E-state index contributed by atoms with van der Waals surface area (Å²) in [5, 5.41) is 21.7. The Morgan fingerprint density at radius 3 is 2.48 bits per heavy atom. The standard InChI is InChI=1S/C20H27NO4/c1-13(2)17(20(23)24)10-19(22)18(21)12-25-11-14-7-8-15-5-3-4-6-16(15)9-14/h3-9,13,17-19,22H,10-12,21H2,1-2H3,(H,23,24). The first-order valence-corrected chi connectivity index (χ1v) is 8.60. The summed E-state index contributed by atoms with van der Waals surface area (Å²) >= 11 is 0. The number of fused-ring (bicyclic) bond motifs is 1. The summed E-state index contributed by atoms with van der Waals surface area (Å²) in [6.07, 6.45) is -0.770. The molecule has 2 aromatic rings. The third-order valence-electron chi connectivity index (χ3n) is 4.50. The topological polar surface area (TPSA) is 92.8 Å². The van der Waals surface area contributed by atoms with Crippen LogP contribution < -0.4 is 5.73 Å². The van der Waals surface area contributed by atoms with Crippen molar-refractivity contribution < 1.29 is 19.7 Å². The summed E-state index contributed by atoms with van der Waals surface area (Å²) in [5.41, 5.74) is 6.99. The van der Waals surface area contributed by atoms with Gasteiger partial charge < -0.3 is 20.7 Å². The van der Waals surface area contributed by atoms with Gasteiger partial charge in [-0.3, -0.25) is 4.79 Å². The number of carbonyl (C=O) groups is 1. The molecule has 5 nitrogen and oxygen atoms in total. The normalized spacial score (nSPS) is 15.2. The van der Waals surface area contributed by atoms with Crippen LogP contribution in [0.25, 0.3) is 10.8 Å². The molecule has 0 aliphatic heterocycles. The summed E-state index contributed by atoms with van der Waals surface area (Å²) in [7, 11) is 0. The van der Waals surface area contributed by atoms with Crippen LogP contribution in [0.1, 0.15) is 25.8 Å². The minimum Gasteiger partial charge on any atom is -0.481 e. The zero-order valence-electron chi connectivity index (χ0n) is 14.8. The number of aliphatic hydroxyl groups is 1. The summed E-state index contributed by atoms with van der Waals surface area (Å²) in [5.74, 6) is -1.57. The van der Waals surface area contributed by atoms with E-state index >= 15 is 0 Å². The molecule has 0 heterocycles. The van der Waals surface area contributed by atoms with Gasteiger partial charge in [-0.05, 0) is 34.7 Å². The number of aliphatic carboxylic acids is 1. The van der Waals surface area contributed by atoms with Gasteiger partial charge in [-0.15, -0.1) is 0 Å². The highest BCUT2D eigenvalue weighted by atomic mass is 16.5. The van der Waals surface area contributed by atoms with E-state index in [1.807, 2.05) is 44.2 Å². The number of carboxylic acid groups (broad SMARTS) is 1. The van der Waals surface area contributed by atoms with E-state index in [2.05, 4.69) is 12.1 Å². The van der Waals surface area contributed by atoms with Crippen molar-refractivity contribution in [2.24, 2.45) is 17.6 Å². The Hall–Kier alpha value is -1.95. The first kappa shape index (κ1) is 19.4. The van der Waals surface area contributed by atoms with E-state index in [9.17, 15) is 15.0 Å². The Labute approximate surface area is 148 Å².